The maximum atomic E-state index is 13.4. The predicted octanol–water partition coefficient (Wildman–Crippen LogP) is 1.61. The zero-order valence-electron chi connectivity index (χ0n) is 9.41. The molecule has 5 heteroatoms. The van der Waals surface area contributed by atoms with Gasteiger partial charge in [0, 0.05) is 10.6 Å². The van der Waals surface area contributed by atoms with E-state index in [0.717, 1.165) is 0 Å². The fraction of sp³-hybridized carbons (Fsp3) is 0.417. The number of carbonyl (C=O) groups is 1. The molecule has 1 N–H and O–H groups in total. The Bertz CT molecular complexity index is 434. The van der Waals surface area contributed by atoms with E-state index >= 15 is 0 Å². The van der Waals surface area contributed by atoms with Crippen LogP contribution >= 0.6 is 11.6 Å². The van der Waals surface area contributed by atoms with Gasteiger partial charge < -0.3 is 10.0 Å². The molecule has 0 bridgehead atoms. The van der Waals surface area contributed by atoms with E-state index in [2.05, 4.69) is 0 Å². The molecule has 1 heterocycles. The molecule has 0 aromatic heterocycles. The van der Waals surface area contributed by atoms with Gasteiger partial charge in [-0.1, -0.05) is 17.7 Å². The summed E-state index contributed by atoms with van der Waals surface area (Å²) in [6, 6.07) is 4.33. The number of benzene rings is 1. The molecule has 17 heavy (non-hydrogen) atoms. The summed E-state index contributed by atoms with van der Waals surface area (Å²) in [6.07, 6.45) is -0.0679. The summed E-state index contributed by atoms with van der Waals surface area (Å²) in [5.74, 6) is -0.693. The first-order chi connectivity index (χ1) is 7.89. The van der Waals surface area contributed by atoms with Crippen molar-refractivity contribution in [2.24, 2.45) is 0 Å². The highest BCUT2D eigenvalue weighted by Crippen LogP contribution is 2.24. The predicted molar refractivity (Wildman–Crippen MR) is 62.3 cm³/mol. The summed E-state index contributed by atoms with van der Waals surface area (Å²) in [6.45, 7) is 2.24. The van der Waals surface area contributed by atoms with Crippen molar-refractivity contribution in [2.45, 2.75) is 18.9 Å². The van der Waals surface area contributed by atoms with Gasteiger partial charge in [0.1, 0.15) is 5.82 Å². The molecule has 1 aromatic carbocycles. The topological polar surface area (TPSA) is 40.5 Å². The zero-order chi connectivity index (χ0) is 12.6. The van der Waals surface area contributed by atoms with Gasteiger partial charge >= 0.3 is 0 Å². The van der Waals surface area contributed by atoms with Gasteiger partial charge in [-0.15, -0.1) is 0 Å². The Morgan fingerprint density at radius 1 is 1.59 bits per heavy atom. The van der Waals surface area contributed by atoms with Crippen molar-refractivity contribution in [3.05, 3.63) is 34.6 Å². The number of amides is 1. The quantitative estimate of drug-likeness (QED) is 0.875. The molecule has 1 aliphatic heterocycles. The lowest BCUT2D eigenvalue weighted by Gasteiger charge is -2.44. The molecular weight excluding hydrogens is 245 g/mol. The Kier molecular flexibility index (Phi) is 3.10. The lowest BCUT2D eigenvalue weighted by atomic mass is 9.96. The smallest absolute Gasteiger partial charge is 0.227 e. The molecule has 1 saturated heterocycles. The minimum absolute atomic E-state index is 0.0679. The third kappa shape index (κ3) is 2.58. The van der Waals surface area contributed by atoms with Crippen LogP contribution in [0.25, 0.3) is 0 Å². The van der Waals surface area contributed by atoms with Gasteiger partial charge in [0.05, 0.1) is 25.1 Å². The highest BCUT2D eigenvalue weighted by molar-refractivity contribution is 6.31. The van der Waals surface area contributed by atoms with Crippen LogP contribution < -0.4 is 0 Å². The SMILES string of the molecule is CC1(O)CN(C(=O)Cc2c(F)cccc2Cl)C1. The van der Waals surface area contributed by atoms with Crippen LogP contribution in [0, 0.1) is 5.82 Å². The summed E-state index contributed by atoms with van der Waals surface area (Å²) in [5, 5.41) is 9.77. The first kappa shape index (κ1) is 12.3. The van der Waals surface area contributed by atoms with E-state index in [4.69, 9.17) is 11.6 Å². The summed E-state index contributed by atoms with van der Waals surface area (Å²) in [4.78, 5) is 13.3. The summed E-state index contributed by atoms with van der Waals surface area (Å²) < 4.78 is 13.4. The Morgan fingerprint density at radius 3 is 2.76 bits per heavy atom. The lowest BCUT2D eigenvalue weighted by Crippen LogP contribution is -2.62. The Morgan fingerprint density at radius 2 is 2.24 bits per heavy atom. The van der Waals surface area contributed by atoms with Crippen molar-refractivity contribution < 1.29 is 14.3 Å². The van der Waals surface area contributed by atoms with E-state index in [1.807, 2.05) is 0 Å². The summed E-state index contributed by atoms with van der Waals surface area (Å²) >= 11 is 5.84. The van der Waals surface area contributed by atoms with Gasteiger partial charge in [-0.2, -0.15) is 0 Å². The van der Waals surface area contributed by atoms with Crippen LogP contribution in [0.5, 0.6) is 0 Å². The zero-order valence-corrected chi connectivity index (χ0v) is 10.2. The average molecular weight is 258 g/mol. The van der Waals surface area contributed by atoms with Crippen LogP contribution in [-0.2, 0) is 11.2 Å². The second-order valence-electron chi connectivity index (χ2n) is 4.62. The highest BCUT2D eigenvalue weighted by atomic mass is 35.5. The second kappa shape index (κ2) is 4.27. The Balaban J connectivity index is 2.05. The van der Waals surface area contributed by atoms with Crippen molar-refractivity contribution in [2.75, 3.05) is 13.1 Å². The van der Waals surface area contributed by atoms with Gasteiger partial charge in [0.2, 0.25) is 5.91 Å². The van der Waals surface area contributed by atoms with Gasteiger partial charge in [-0.05, 0) is 19.1 Å². The molecule has 0 saturated carbocycles. The van der Waals surface area contributed by atoms with Crippen LogP contribution in [-0.4, -0.2) is 34.6 Å². The molecule has 1 amide bonds. The fourth-order valence-corrected chi connectivity index (χ4v) is 2.15. The van der Waals surface area contributed by atoms with Gasteiger partial charge in [0.25, 0.3) is 0 Å². The number of likely N-dealkylation sites (tertiary alicyclic amines) is 1. The monoisotopic (exact) mass is 257 g/mol. The van der Waals surface area contributed by atoms with Gasteiger partial charge in [-0.25, -0.2) is 4.39 Å². The van der Waals surface area contributed by atoms with Crippen LogP contribution in [0.15, 0.2) is 18.2 Å². The molecule has 1 aromatic rings. The molecule has 92 valence electrons. The van der Waals surface area contributed by atoms with Gasteiger partial charge in [-0.3, -0.25) is 4.79 Å². The first-order valence-electron chi connectivity index (χ1n) is 5.32. The van der Waals surface area contributed by atoms with Crippen LogP contribution in [0.1, 0.15) is 12.5 Å². The Labute approximate surface area is 104 Å². The van der Waals surface area contributed by atoms with E-state index in [9.17, 15) is 14.3 Å². The molecule has 0 unspecified atom stereocenters. The van der Waals surface area contributed by atoms with Crippen LogP contribution in [0.3, 0.4) is 0 Å². The second-order valence-corrected chi connectivity index (χ2v) is 5.03. The third-order valence-electron chi connectivity index (χ3n) is 2.81. The molecule has 0 radical (unpaired) electrons. The van der Waals surface area contributed by atoms with Crippen LogP contribution in [0.4, 0.5) is 4.39 Å². The van der Waals surface area contributed by atoms with Gasteiger partial charge in [0.15, 0.2) is 0 Å². The molecule has 0 atom stereocenters. The largest absolute Gasteiger partial charge is 0.386 e. The number of β-amino-alcohol motifs (C(OH)–C–C–N with tert-alkyl or cyclic N) is 1. The third-order valence-corrected chi connectivity index (χ3v) is 3.16. The minimum Gasteiger partial charge on any atom is -0.386 e. The number of carbonyl (C=O) groups excluding carboxylic acids is 1. The van der Waals surface area contributed by atoms with E-state index < -0.39 is 11.4 Å². The molecule has 1 fully saturated rings. The maximum Gasteiger partial charge on any atom is 0.227 e. The minimum atomic E-state index is -0.811. The van der Waals surface area contributed by atoms with E-state index in [1.165, 1.54) is 17.0 Å². The molecule has 0 spiro atoms. The molecular formula is C12H13ClFNO2. The lowest BCUT2D eigenvalue weighted by molar-refractivity contribution is -0.151. The van der Waals surface area contributed by atoms with Crippen molar-refractivity contribution in [3.63, 3.8) is 0 Å². The maximum absolute atomic E-state index is 13.4. The Hall–Kier alpha value is -1.13. The number of nitrogens with zero attached hydrogens (tertiary/aromatic N) is 1. The summed E-state index contributed by atoms with van der Waals surface area (Å²) in [5.41, 5.74) is -0.597. The average Bonchev–Trinajstić information content (AvgIpc) is 2.20. The first-order valence-corrected chi connectivity index (χ1v) is 5.70. The van der Waals surface area contributed by atoms with Crippen molar-refractivity contribution in [3.8, 4) is 0 Å². The highest BCUT2D eigenvalue weighted by Gasteiger charge is 2.39. The fourth-order valence-electron chi connectivity index (χ4n) is 1.92. The van der Waals surface area contributed by atoms with Crippen molar-refractivity contribution in [1.82, 2.24) is 4.90 Å². The van der Waals surface area contributed by atoms with E-state index in [1.54, 1.807) is 13.0 Å². The molecule has 3 nitrogen and oxygen atoms in total. The number of rotatable bonds is 2. The molecule has 1 aliphatic rings. The number of hydrogen-bond acceptors (Lipinski definition) is 2. The van der Waals surface area contributed by atoms with Crippen molar-refractivity contribution in [1.29, 1.82) is 0 Å². The van der Waals surface area contributed by atoms with E-state index in [0.29, 0.717) is 0 Å². The molecule has 0 aliphatic carbocycles. The number of hydrogen-bond donors (Lipinski definition) is 1. The number of halogens is 2. The number of aliphatic hydroxyl groups is 1. The van der Waals surface area contributed by atoms with Crippen molar-refractivity contribution >= 4 is 17.5 Å². The standard InChI is InChI=1S/C12H13ClFNO2/c1-12(17)6-15(7-12)11(16)5-8-9(13)3-2-4-10(8)14/h2-4,17H,5-7H2,1H3. The molecule has 2 rings (SSSR count). The summed E-state index contributed by atoms with van der Waals surface area (Å²) in [7, 11) is 0. The van der Waals surface area contributed by atoms with E-state index in [-0.39, 0.29) is 36.0 Å². The normalized spacial score (nSPS) is 17.8. The van der Waals surface area contributed by atoms with Crippen LogP contribution in [0.2, 0.25) is 5.02 Å².